The zero-order chi connectivity index (χ0) is 17.0. The molecule has 0 bridgehead atoms. The van der Waals surface area contributed by atoms with Gasteiger partial charge in [-0.1, -0.05) is 31.1 Å². The Morgan fingerprint density at radius 3 is 2.57 bits per heavy atom. The van der Waals surface area contributed by atoms with Crippen LogP contribution >= 0.6 is 0 Å². The summed E-state index contributed by atoms with van der Waals surface area (Å²) in [7, 11) is -1.56. The fourth-order valence-electron chi connectivity index (χ4n) is 1.90. The Labute approximate surface area is 136 Å². The van der Waals surface area contributed by atoms with Gasteiger partial charge in [-0.2, -0.15) is 4.99 Å². The fraction of sp³-hybridized carbons (Fsp3) is 0.267. The summed E-state index contributed by atoms with van der Waals surface area (Å²) in [6.07, 6.45) is 0.692. The van der Waals surface area contributed by atoms with Crippen LogP contribution in [0.1, 0.15) is 35.7 Å². The molecule has 8 heteroatoms. The van der Waals surface area contributed by atoms with Crippen LogP contribution in [0.25, 0.3) is 0 Å². The lowest BCUT2D eigenvalue weighted by molar-refractivity contribution is 0.0994. The Morgan fingerprint density at radius 1 is 1.35 bits per heavy atom. The maximum Gasteiger partial charge on any atom is 0.301 e. The van der Waals surface area contributed by atoms with Gasteiger partial charge in [-0.15, -0.1) is 0 Å². The molecule has 0 aliphatic heterocycles. The van der Waals surface area contributed by atoms with E-state index in [0.29, 0.717) is 28.6 Å². The molecule has 0 radical (unpaired) electrons. The third kappa shape index (κ3) is 4.57. The van der Waals surface area contributed by atoms with Crippen LogP contribution in [0.3, 0.4) is 0 Å². The molecule has 0 saturated heterocycles. The number of nitrogens with zero attached hydrogens (tertiary/aromatic N) is 2. The van der Waals surface area contributed by atoms with Gasteiger partial charge in [0.15, 0.2) is 5.69 Å². The van der Waals surface area contributed by atoms with E-state index < -0.39 is 16.9 Å². The first-order valence-electron chi connectivity index (χ1n) is 6.97. The van der Waals surface area contributed by atoms with E-state index in [2.05, 4.69) is 10.1 Å². The van der Waals surface area contributed by atoms with Gasteiger partial charge in [-0.25, -0.2) is 9.35 Å². The quantitative estimate of drug-likeness (QED) is 0.631. The van der Waals surface area contributed by atoms with Crippen molar-refractivity contribution in [2.75, 3.05) is 0 Å². The SMILES string of the molecule is CC(C)Cc1cc(C(=O)N=C(N)c2ccc(S(N)=O)cc2)no1. The number of aliphatic imine (C=N–C) groups is 1. The van der Waals surface area contributed by atoms with Gasteiger partial charge in [-0.05, 0) is 18.1 Å². The minimum Gasteiger partial charge on any atom is -0.383 e. The number of aromatic nitrogens is 1. The maximum absolute atomic E-state index is 12.0. The Bertz CT molecular complexity index is 750. The molecule has 0 aliphatic carbocycles. The van der Waals surface area contributed by atoms with Crippen molar-refractivity contribution < 1.29 is 13.5 Å². The normalized spacial score (nSPS) is 13.3. The molecule has 1 aromatic carbocycles. The zero-order valence-corrected chi connectivity index (χ0v) is 13.7. The number of rotatable bonds is 5. The third-order valence-corrected chi connectivity index (χ3v) is 3.73. The van der Waals surface area contributed by atoms with E-state index in [0.717, 1.165) is 0 Å². The van der Waals surface area contributed by atoms with E-state index in [-0.39, 0.29) is 11.5 Å². The summed E-state index contributed by atoms with van der Waals surface area (Å²) in [6, 6.07) is 7.89. The molecule has 0 aliphatic rings. The van der Waals surface area contributed by atoms with Crippen molar-refractivity contribution in [3.05, 3.63) is 47.3 Å². The van der Waals surface area contributed by atoms with Gasteiger partial charge in [0.2, 0.25) is 0 Å². The van der Waals surface area contributed by atoms with Crippen LogP contribution in [0.2, 0.25) is 0 Å². The van der Waals surface area contributed by atoms with E-state index in [1.165, 1.54) is 0 Å². The molecule has 1 atom stereocenters. The average molecular weight is 334 g/mol. The van der Waals surface area contributed by atoms with Crippen molar-refractivity contribution >= 4 is 22.7 Å². The Kier molecular flexibility index (Phi) is 5.41. The van der Waals surface area contributed by atoms with Gasteiger partial charge in [-0.3, -0.25) is 4.79 Å². The van der Waals surface area contributed by atoms with Gasteiger partial charge in [0.25, 0.3) is 0 Å². The highest BCUT2D eigenvalue weighted by atomic mass is 32.2. The Morgan fingerprint density at radius 2 is 2.00 bits per heavy atom. The van der Waals surface area contributed by atoms with Gasteiger partial charge in [0.05, 0.1) is 4.90 Å². The van der Waals surface area contributed by atoms with E-state index in [9.17, 15) is 9.00 Å². The second kappa shape index (κ2) is 7.30. The maximum atomic E-state index is 12.0. The predicted octanol–water partition coefficient (Wildman–Crippen LogP) is 1.40. The van der Waals surface area contributed by atoms with E-state index in [1.54, 1.807) is 30.3 Å². The number of amidine groups is 1. The summed E-state index contributed by atoms with van der Waals surface area (Å²) in [5, 5.41) is 8.98. The lowest BCUT2D eigenvalue weighted by Crippen LogP contribution is -2.16. The van der Waals surface area contributed by atoms with Crippen LogP contribution in [0.15, 0.2) is 44.7 Å². The lowest BCUT2D eigenvalue weighted by Gasteiger charge is -2.01. The average Bonchev–Trinajstić information content (AvgIpc) is 2.95. The van der Waals surface area contributed by atoms with Crippen molar-refractivity contribution in [3.63, 3.8) is 0 Å². The Balaban J connectivity index is 2.14. The van der Waals surface area contributed by atoms with Gasteiger partial charge < -0.3 is 10.3 Å². The molecule has 0 saturated carbocycles. The van der Waals surface area contributed by atoms with Crippen molar-refractivity contribution in [1.82, 2.24) is 5.16 Å². The predicted molar refractivity (Wildman–Crippen MR) is 87.1 cm³/mol. The summed E-state index contributed by atoms with van der Waals surface area (Å²) in [5.41, 5.74) is 6.45. The van der Waals surface area contributed by atoms with E-state index >= 15 is 0 Å². The van der Waals surface area contributed by atoms with Gasteiger partial charge in [0.1, 0.15) is 22.6 Å². The molecule has 1 unspecified atom stereocenters. The number of hydrogen-bond donors (Lipinski definition) is 2. The highest BCUT2D eigenvalue weighted by Crippen LogP contribution is 2.11. The standard InChI is InChI=1S/C15H18N4O3S/c1-9(2)7-11-8-13(19-22-11)15(20)18-14(16)10-3-5-12(6-4-10)23(17)21/h3-6,8-9H,7,17H2,1-2H3,(H2,16,18,20). The molecule has 122 valence electrons. The van der Waals surface area contributed by atoms with Crippen molar-refractivity contribution in [3.8, 4) is 0 Å². The molecular formula is C15H18N4O3S. The smallest absolute Gasteiger partial charge is 0.301 e. The zero-order valence-electron chi connectivity index (χ0n) is 12.9. The van der Waals surface area contributed by atoms with Crippen LogP contribution in [-0.2, 0) is 17.4 Å². The molecule has 1 amide bonds. The molecule has 7 nitrogen and oxygen atoms in total. The van der Waals surface area contributed by atoms with Gasteiger partial charge >= 0.3 is 5.91 Å². The number of nitrogens with two attached hydrogens (primary N) is 2. The number of benzene rings is 1. The lowest BCUT2D eigenvalue weighted by atomic mass is 10.1. The summed E-state index contributed by atoms with van der Waals surface area (Å²) in [5.74, 6) is 0.489. The van der Waals surface area contributed by atoms with Crippen LogP contribution in [-0.4, -0.2) is 21.1 Å². The molecule has 2 rings (SSSR count). The number of carbonyl (C=O) groups is 1. The monoisotopic (exact) mass is 334 g/mol. The van der Waals surface area contributed by atoms with Crippen molar-refractivity contribution in [2.24, 2.45) is 21.8 Å². The molecule has 2 aromatic rings. The van der Waals surface area contributed by atoms with E-state index in [1.807, 2.05) is 13.8 Å². The largest absolute Gasteiger partial charge is 0.383 e. The van der Waals surface area contributed by atoms with Crippen LogP contribution < -0.4 is 10.9 Å². The van der Waals surface area contributed by atoms with E-state index in [4.69, 9.17) is 15.4 Å². The molecule has 23 heavy (non-hydrogen) atoms. The summed E-state index contributed by atoms with van der Waals surface area (Å²) in [6.45, 7) is 4.08. The molecule has 0 spiro atoms. The molecule has 4 N–H and O–H groups in total. The summed E-state index contributed by atoms with van der Waals surface area (Å²) in [4.78, 5) is 16.3. The molecular weight excluding hydrogens is 316 g/mol. The number of carbonyl (C=O) groups excluding carboxylic acids is 1. The topological polar surface area (TPSA) is 125 Å². The number of hydrogen-bond acceptors (Lipinski definition) is 4. The molecule has 1 heterocycles. The minimum atomic E-state index is -1.56. The van der Waals surface area contributed by atoms with Gasteiger partial charge in [0, 0.05) is 18.1 Å². The first-order valence-corrected chi connectivity index (χ1v) is 8.19. The second-order valence-electron chi connectivity index (χ2n) is 5.40. The number of amides is 1. The highest BCUT2D eigenvalue weighted by molar-refractivity contribution is 7.82. The van der Waals surface area contributed by atoms with Crippen molar-refractivity contribution in [1.29, 1.82) is 0 Å². The molecule has 1 aromatic heterocycles. The third-order valence-electron chi connectivity index (χ3n) is 2.99. The fourth-order valence-corrected chi connectivity index (χ4v) is 2.31. The highest BCUT2D eigenvalue weighted by Gasteiger charge is 2.14. The minimum absolute atomic E-state index is 0.0396. The first kappa shape index (κ1) is 17.0. The molecule has 0 fully saturated rings. The van der Waals surface area contributed by atoms with Crippen molar-refractivity contribution in [2.45, 2.75) is 25.2 Å². The summed E-state index contributed by atoms with van der Waals surface area (Å²) < 4.78 is 16.2. The summed E-state index contributed by atoms with van der Waals surface area (Å²) >= 11 is 0. The first-order chi connectivity index (χ1) is 10.9. The van der Waals surface area contributed by atoms with Crippen LogP contribution in [0, 0.1) is 5.92 Å². The van der Waals surface area contributed by atoms with Crippen LogP contribution in [0.5, 0.6) is 0 Å². The van der Waals surface area contributed by atoms with Crippen LogP contribution in [0.4, 0.5) is 0 Å². The Hall–Kier alpha value is -2.32. The second-order valence-corrected chi connectivity index (χ2v) is 6.47.